The Hall–Kier alpha value is -1.12. The zero-order valence-corrected chi connectivity index (χ0v) is 8.76. The van der Waals surface area contributed by atoms with Crippen LogP contribution in [0.5, 0.6) is 0 Å². The number of aromatic nitrogens is 2. The standard InChI is InChI=1S/C10H17N3/c1-6(2)5-9-12-8(4)7(3)10(11)13-9/h6H,5H2,1-4H3,(H2,11,12,13). The van der Waals surface area contributed by atoms with E-state index in [1.807, 2.05) is 13.8 Å². The molecule has 1 heterocycles. The van der Waals surface area contributed by atoms with Crippen LogP contribution in [0.2, 0.25) is 0 Å². The Morgan fingerprint density at radius 2 is 1.85 bits per heavy atom. The topological polar surface area (TPSA) is 51.8 Å². The molecule has 0 bridgehead atoms. The Balaban J connectivity index is 2.99. The summed E-state index contributed by atoms with van der Waals surface area (Å²) in [5.74, 6) is 2.04. The lowest BCUT2D eigenvalue weighted by Crippen LogP contribution is -2.07. The van der Waals surface area contributed by atoms with Crippen LogP contribution in [0.25, 0.3) is 0 Å². The number of anilines is 1. The Morgan fingerprint density at radius 3 is 2.31 bits per heavy atom. The van der Waals surface area contributed by atoms with Gasteiger partial charge in [0.05, 0.1) is 0 Å². The van der Waals surface area contributed by atoms with Gasteiger partial charge in [0.25, 0.3) is 0 Å². The van der Waals surface area contributed by atoms with Gasteiger partial charge >= 0.3 is 0 Å². The van der Waals surface area contributed by atoms with Crippen LogP contribution in [0.4, 0.5) is 5.82 Å². The van der Waals surface area contributed by atoms with Crippen molar-refractivity contribution in [2.45, 2.75) is 34.1 Å². The van der Waals surface area contributed by atoms with Gasteiger partial charge in [0, 0.05) is 17.7 Å². The van der Waals surface area contributed by atoms with Crippen molar-refractivity contribution in [2.24, 2.45) is 5.92 Å². The van der Waals surface area contributed by atoms with Crippen molar-refractivity contribution in [1.29, 1.82) is 0 Å². The first-order valence-corrected chi connectivity index (χ1v) is 4.60. The van der Waals surface area contributed by atoms with Crippen LogP contribution in [0.1, 0.15) is 30.9 Å². The molecule has 0 aliphatic heterocycles. The molecular weight excluding hydrogens is 162 g/mol. The number of nitrogens with zero attached hydrogens (tertiary/aromatic N) is 2. The fraction of sp³-hybridized carbons (Fsp3) is 0.600. The minimum absolute atomic E-state index is 0.571. The first-order chi connectivity index (χ1) is 6.00. The molecule has 3 heteroatoms. The summed E-state index contributed by atoms with van der Waals surface area (Å²) in [4.78, 5) is 8.62. The maximum atomic E-state index is 5.75. The molecule has 13 heavy (non-hydrogen) atoms. The second kappa shape index (κ2) is 3.73. The maximum Gasteiger partial charge on any atom is 0.131 e. The van der Waals surface area contributed by atoms with Gasteiger partial charge in [-0.05, 0) is 19.8 Å². The van der Waals surface area contributed by atoms with E-state index in [2.05, 4.69) is 23.8 Å². The quantitative estimate of drug-likeness (QED) is 0.754. The van der Waals surface area contributed by atoms with E-state index in [1.165, 1.54) is 0 Å². The zero-order valence-electron chi connectivity index (χ0n) is 8.76. The van der Waals surface area contributed by atoms with Gasteiger partial charge in [-0.15, -0.1) is 0 Å². The van der Waals surface area contributed by atoms with Gasteiger partial charge in [0.2, 0.25) is 0 Å². The van der Waals surface area contributed by atoms with E-state index in [0.717, 1.165) is 23.5 Å². The number of nitrogen functional groups attached to an aromatic ring is 1. The molecule has 2 N–H and O–H groups in total. The third-order valence-electron chi connectivity index (χ3n) is 2.06. The van der Waals surface area contributed by atoms with Gasteiger partial charge in [-0.1, -0.05) is 13.8 Å². The number of hydrogen-bond donors (Lipinski definition) is 1. The maximum absolute atomic E-state index is 5.75. The van der Waals surface area contributed by atoms with E-state index in [1.54, 1.807) is 0 Å². The predicted molar refractivity (Wildman–Crippen MR) is 54.5 cm³/mol. The minimum atomic E-state index is 0.571. The number of nitrogens with two attached hydrogens (primary N) is 1. The highest BCUT2D eigenvalue weighted by molar-refractivity contribution is 5.40. The van der Waals surface area contributed by atoms with E-state index in [0.29, 0.717) is 11.7 Å². The van der Waals surface area contributed by atoms with Crippen LogP contribution in [0.15, 0.2) is 0 Å². The van der Waals surface area contributed by atoms with E-state index in [4.69, 9.17) is 5.73 Å². The van der Waals surface area contributed by atoms with Crippen molar-refractivity contribution in [3.05, 3.63) is 17.1 Å². The smallest absolute Gasteiger partial charge is 0.131 e. The molecule has 1 aromatic rings. The normalized spacial score (nSPS) is 10.8. The molecule has 0 saturated heterocycles. The fourth-order valence-electron chi connectivity index (χ4n) is 1.17. The molecular formula is C10H17N3. The first kappa shape index (κ1) is 9.96. The predicted octanol–water partition coefficient (Wildman–Crippen LogP) is 1.87. The van der Waals surface area contributed by atoms with Gasteiger partial charge < -0.3 is 5.73 Å². The highest BCUT2D eigenvalue weighted by Crippen LogP contribution is 2.12. The van der Waals surface area contributed by atoms with E-state index >= 15 is 0 Å². The lowest BCUT2D eigenvalue weighted by molar-refractivity contribution is 0.619. The Labute approximate surface area is 79.4 Å². The van der Waals surface area contributed by atoms with Crippen LogP contribution >= 0.6 is 0 Å². The van der Waals surface area contributed by atoms with Crippen LogP contribution in [-0.4, -0.2) is 9.97 Å². The number of rotatable bonds is 2. The summed E-state index contributed by atoms with van der Waals surface area (Å²) in [5, 5.41) is 0. The van der Waals surface area contributed by atoms with Crippen molar-refractivity contribution in [3.8, 4) is 0 Å². The van der Waals surface area contributed by atoms with Crippen LogP contribution in [-0.2, 0) is 6.42 Å². The summed E-state index contributed by atoms with van der Waals surface area (Å²) in [6.45, 7) is 8.21. The minimum Gasteiger partial charge on any atom is -0.383 e. The zero-order chi connectivity index (χ0) is 10.0. The van der Waals surface area contributed by atoms with Gasteiger partial charge in [-0.2, -0.15) is 0 Å². The van der Waals surface area contributed by atoms with Gasteiger partial charge in [-0.3, -0.25) is 0 Å². The molecule has 0 fully saturated rings. The molecule has 1 rings (SSSR count). The molecule has 0 aromatic carbocycles. The van der Waals surface area contributed by atoms with Crippen molar-refractivity contribution in [3.63, 3.8) is 0 Å². The first-order valence-electron chi connectivity index (χ1n) is 4.60. The molecule has 0 atom stereocenters. The van der Waals surface area contributed by atoms with Crippen molar-refractivity contribution >= 4 is 5.82 Å². The Morgan fingerprint density at radius 1 is 1.23 bits per heavy atom. The third-order valence-corrected chi connectivity index (χ3v) is 2.06. The molecule has 0 aliphatic rings. The lowest BCUT2D eigenvalue weighted by atomic mass is 10.1. The summed E-state index contributed by atoms with van der Waals surface area (Å²) in [5.41, 5.74) is 7.73. The van der Waals surface area contributed by atoms with Gasteiger partial charge in [0.15, 0.2) is 0 Å². The van der Waals surface area contributed by atoms with E-state index < -0.39 is 0 Å². The van der Waals surface area contributed by atoms with Crippen molar-refractivity contribution in [1.82, 2.24) is 9.97 Å². The van der Waals surface area contributed by atoms with E-state index in [9.17, 15) is 0 Å². The van der Waals surface area contributed by atoms with E-state index in [-0.39, 0.29) is 0 Å². The molecule has 0 aliphatic carbocycles. The number of hydrogen-bond acceptors (Lipinski definition) is 3. The second-order valence-corrected chi connectivity index (χ2v) is 3.83. The number of aryl methyl sites for hydroxylation is 1. The van der Waals surface area contributed by atoms with Crippen molar-refractivity contribution < 1.29 is 0 Å². The molecule has 72 valence electrons. The third kappa shape index (κ3) is 2.41. The SMILES string of the molecule is Cc1nc(CC(C)C)nc(N)c1C. The Kier molecular flexibility index (Phi) is 2.86. The summed E-state index contributed by atoms with van der Waals surface area (Å²) in [6, 6.07) is 0. The van der Waals surface area contributed by atoms with Gasteiger partial charge in [0.1, 0.15) is 11.6 Å². The summed E-state index contributed by atoms with van der Waals surface area (Å²) in [6.07, 6.45) is 0.894. The Bertz CT molecular complexity index is 282. The monoisotopic (exact) mass is 179 g/mol. The summed E-state index contributed by atoms with van der Waals surface area (Å²) < 4.78 is 0. The molecule has 3 nitrogen and oxygen atoms in total. The summed E-state index contributed by atoms with van der Waals surface area (Å²) in [7, 11) is 0. The van der Waals surface area contributed by atoms with Crippen molar-refractivity contribution in [2.75, 3.05) is 5.73 Å². The molecule has 1 aromatic heterocycles. The highest BCUT2D eigenvalue weighted by Gasteiger charge is 2.06. The van der Waals surface area contributed by atoms with Crippen LogP contribution in [0.3, 0.4) is 0 Å². The average molecular weight is 179 g/mol. The molecule has 0 unspecified atom stereocenters. The summed E-state index contributed by atoms with van der Waals surface area (Å²) >= 11 is 0. The van der Waals surface area contributed by atoms with Crippen LogP contribution in [0, 0.1) is 19.8 Å². The van der Waals surface area contributed by atoms with Gasteiger partial charge in [-0.25, -0.2) is 9.97 Å². The molecule has 0 radical (unpaired) electrons. The molecule has 0 amide bonds. The largest absolute Gasteiger partial charge is 0.383 e. The fourth-order valence-corrected chi connectivity index (χ4v) is 1.17. The van der Waals surface area contributed by atoms with Crippen LogP contribution < -0.4 is 5.73 Å². The second-order valence-electron chi connectivity index (χ2n) is 3.83. The molecule has 0 spiro atoms. The lowest BCUT2D eigenvalue weighted by Gasteiger charge is -2.08. The average Bonchev–Trinajstić information content (AvgIpc) is 1.98. The highest BCUT2D eigenvalue weighted by atomic mass is 14.9. The molecule has 0 saturated carbocycles.